The van der Waals surface area contributed by atoms with Crippen LogP contribution in [0.25, 0.3) is 0 Å². The molecule has 1 aliphatic rings. The molecule has 2 rings (SSSR count). The van der Waals surface area contributed by atoms with Gasteiger partial charge >= 0.3 is 0 Å². The van der Waals surface area contributed by atoms with Gasteiger partial charge in [-0.25, -0.2) is 0 Å². The van der Waals surface area contributed by atoms with Crippen LogP contribution in [0.1, 0.15) is 37.7 Å². The highest BCUT2D eigenvalue weighted by molar-refractivity contribution is 9.10. The molecule has 0 saturated heterocycles. The lowest BCUT2D eigenvalue weighted by atomic mass is 9.91. The van der Waals surface area contributed by atoms with Crippen molar-refractivity contribution in [1.29, 1.82) is 0 Å². The lowest BCUT2D eigenvalue weighted by molar-refractivity contribution is 0.400. The summed E-state index contributed by atoms with van der Waals surface area (Å²) < 4.78 is 1.20. The average molecular weight is 296 g/mol. The molecule has 0 aromatic heterocycles. The van der Waals surface area contributed by atoms with E-state index >= 15 is 0 Å². The summed E-state index contributed by atoms with van der Waals surface area (Å²) in [7, 11) is 2.10. The number of nitrogens with one attached hydrogen (secondary N) is 1. The smallest absolute Gasteiger partial charge is 0.0177 e. The molecule has 17 heavy (non-hydrogen) atoms. The second kappa shape index (κ2) is 6.55. The van der Waals surface area contributed by atoms with Crippen LogP contribution in [0, 0.1) is 5.92 Å². The average Bonchev–Trinajstić information content (AvgIpc) is 2.54. The Kier molecular flexibility index (Phi) is 5.05. The highest BCUT2D eigenvalue weighted by Crippen LogP contribution is 2.27. The van der Waals surface area contributed by atoms with E-state index in [1.807, 2.05) is 0 Å². The van der Waals surface area contributed by atoms with Crippen LogP contribution in [-0.4, -0.2) is 13.1 Å². The molecular weight excluding hydrogens is 274 g/mol. The van der Waals surface area contributed by atoms with Crippen LogP contribution in [0.2, 0.25) is 0 Å². The fraction of sp³-hybridized carbons (Fsp3) is 0.600. The van der Waals surface area contributed by atoms with Gasteiger partial charge in [-0.05, 0) is 49.9 Å². The Labute approximate surface area is 113 Å². The Hall–Kier alpha value is -0.340. The number of halogens is 1. The molecule has 1 N–H and O–H groups in total. The molecule has 2 atom stereocenters. The zero-order valence-corrected chi connectivity index (χ0v) is 12.2. The molecule has 1 fully saturated rings. The minimum Gasteiger partial charge on any atom is -0.317 e. The second-order valence-corrected chi connectivity index (χ2v) is 6.12. The lowest BCUT2D eigenvalue weighted by Gasteiger charge is -2.19. The molecule has 1 saturated carbocycles. The maximum Gasteiger partial charge on any atom is 0.0177 e. The van der Waals surface area contributed by atoms with Crippen LogP contribution >= 0.6 is 15.9 Å². The van der Waals surface area contributed by atoms with Crippen molar-refractivity contribution in [2.24, 2.45) is 5.92 Å². The molecule has 0 radical (unpaired) electrons. The monoisotopic (exact) mass is 295 g/mol. The molecule has 0 spiro atoms. The van der Waals surface area contributed by atoms with Crippen molar-refractivity contribution >= 4 is 15.9 Å². The third kappa shape index (κ3) is 4.11. The van der Waals surface area contributed by atoms with Gasteiger partial charge in [0.1, 0.15) is 0 Å². The highest BCUT2D eigenvalue weighted by atomic mass is 79.9. The van der Waals surface area contributed by atoms with Gasteiger partial charge in [0.15, 0.2) is 0 Å². The normalized spacial score (nSPS) is 25.5. The van der Waals surface area contributed by atoms with Gasteiger partial charge in [0.25, 0.3) is 0 Å². The van der Waals surface area contributed by atoms with Gasteiger partial charge in [-0.1, -0.05) is 47.3 Å². The van der Waals surface area contributed by atoms with Crippen molar-refractivity contribution in [2.45, 2.75) is 44.6 Å². The summed E-state index contributed by atoms with van der Waals surface area (Å²) in [5.41, 5.74) is 1.47. The van der Waals surface area contributed by atoms with E-state index in [0.29, 0.717) is 0 Å². The first-order valence-electron chi connectivity index (χ1n) is 6.69. The maximum absolute atomic E-state index is 3.56. The zero-order chi connectivity index (χ0) is 12.1. The quantitative estimate of drug-likeness (QED) is 0.826. The fourth-order valence-electron chi connectivity index (χ4n) is 2.91. The largest absolute Gasteiger partial charge is 0.317 e. The maximum atomic E-state index is 3.56. The molecule has 1 nitrogen and oxygen atoms in total. The molecular formula is C15H22BrN. The fourth-order valence-corrected chi connectivity index (χ4v) is 3.35. The molecule has 1 aromatic rings. The van der Waals surface area contributed by atoms with E-state index in [-0.39, 0.29) is 0 Å². The van der Waals surface area contributed by atoms with Crippen LogP contribution in [-0.2, 0) is 6.42 Å². The van der Waals surface area contributed by atoms with Crippen LogP contribution < -0.4 is 5.32 Å². The molecule has 0 amide bonds. The van der Waals surface area contributed by atoms with E-state index in [2.05, 4.69) is 52.6 Å². The van der Waals surface area contributed by atoms with E-state index in [1.54, 1.807) is 0 Å². The molecule has 1 aliphatic carbocycles. The van der Waals surface area contributed by atoms with E-state index in [4.69, 9.17) is 0 Å². The summed E-state index contributed by atoms with van der Waals surface area (Å²) in [6.07, 6.45) is 8.11. The SMILES string of the molecule is CNC1CCCCC(Cc2cccc(Br)c2)C1. The van der Waals surface area contributed by atoms with Crippen molar-refractivity contribution in [3.63, 3.8) is 0 Å². The standard InChI is InChI=1S/C15H22BrN/c1-17-15-8-3-2-5-13(11-15)9-12-6-4-7-14(16)10-12/h4,6-7,10,13,15,17H,2-3,5,8-9,11H2,1H3. The summed E-state index contributed by atoms with van der Waals surface area (Å²) in [6, 6.07) is 9.50. The summed E-state index contributed by atoms with van der Waals surface area (Å²) >= 11 is 3.56. The van der Waals surface area contributed by atoms with Crippen molar-refractivity contribution in [3.8, 4) is 0 Å². The topological polar surface area (TPSA) is 12.0 Å². The van der Waals surface area contributed by atoms with Crippen molar-refractivity contribution < 1.29 is 0 Å². The van der Waals surface area contributed by atoms with E-state index < -0.39 is 0 Å². The Bertz CT molecular complexity index is 351. The van der Waals surface area contributed by atoms with Crippen molar-refractivity contribution in [1.82, 2.24) is 5.32 Å². The highest BCUT2D eigenvalue weighted by Gasteiger charge is 2.19. The summed E-state index contributed by atoms with van der Waals surface area (Å²) in [5, 5.41) is 3.46. The van der Waals surface area contributed by atoms with E-state index in [0.717, 1.165) is 12.0 Å². The molecule has 94 valence electrons. The van der Waals surface area contributed by atoms with E-state index in [1.165, 1.54) is 48.6 Å². The Morgan fingerprint density at radius 1 is 1.29 bits per heavy atom. The van der Waals surface area contributed by atoms with Crippen LogP contribution in [0.15, 0.2) is 28.7 Å². The second-order valence-electron chi connectivity index (χ2n) is 5.21. The lowest BCUT2D eigenvalue weighted by Crippen LogP contribution is -2.26. The summed E-state index contributed by atoms with van der Waals surface area (Å²) in [4.78, 5) is 0. The van der Waals surface area contributed by atoms with Crippen LogP contribution in [0.3, 0.4) is 0 Å². The van der Waals surface area contributed by atoms with Gasteiger partial charge in [-0.2, -0.15) is 0 Å². The van der Waals surface area contributed by atoms with Crippen LogP contribution in [0.4, 0.5) is 0 Å². The first kappa shape index (κ1) is 13.1. The van der Waals surface area contributed by atoms with E-state index in [9.17, 15) is 0 Å². The van der Waals surface area contributed by atoms with Gasteiger partial charge in [0.2, 0.25) is 0 Å². The third-order valence-electron chi connectivity index (χ3n) is 3.85. The van der Waals surface area contributed by atoms with Gasteiger partial charge in [-0.3, -0.25) is 0 Å². The molecule has 0 bridgehead atoms. The van der Waals surface area contributed by atoms with Gasteiger partial charge in [0, 0.05) is 10.5 Å². The van der Waals surface area contributed by atoms with Gasteiger partial charge < -0.3 is 5.32 Å². The molecule has 0 heterocycles. The Balaban J connectivity index is 1.97. The van der Waals surface area contributed by atoms with Crippen molar-refractivity contribution in [3.05, 3.63) is 34.3 Å². The zero-order valence-electron chi connectivity index (χ0n) is 10.6. The predicted molar refractivity (Wildman–Crippen MR) is 77.3 cm³/mol. The number of benzene rings is 1. The third-order valence-corrected chi connectivity index (χ3v) is 4.35. The molecule has 2 heteroatoms. The summed E-state index contributed by atoms with van der Waals surface area (Å²) in [5.74, 6) is 0.851. The molecule has 2 unspecified atom stereocenters. The Morgan fingerprint density at radius 3 is 2.88 bits per heavy atom. The minimum absolute atomic E-state index is 0.731. The van der Waals surface area contributed by atoms with Crippen LogP contribution in [0.5, 0.6) is 0 Å². The molecule has 1 aromatic carbocycles. The first-order chi connectivity index (χ1) is 8.28. The van der Waals surface area contributed by atoms with Crippen molar-refractivity contribution in [2.75, 3.05) is 7.05 Å². The number of rotatable bonds is 3. The summed E-state index contributed by atoms with van der Waals surface area (Å²) in [6.45, 7) is 0. The number of hydrogen-bond donors (Lipinski definition) is 1. The Morgan fingerprint density at radius 2 is 2.12 bits per heavy atom. The first-order valence-corrected chi connectivity index (χ1v) is 7.49. The number of hydrogen-bond acceptors (Lipinski definition) is 1. The minimum atomic E-state index is 0.731. The molecule has 0 aliphatic heterocycles. The predicted octanol–water partition coefficient (Wildman–Crippen LogP) is 4.16. The van der Waals surface area contributed by atoms with Gasteiger partial charge in [0.05, 0.1) is 0 Å². The van der Waals surface area contributed by atoms with Gasteiger partial charge in [-0.15, -0.1) is 0 Å².